The summed E-state index contributed by atoms with van der Waals surface area (Å²) in [6.07, 6.45) is 0. The highest BCUT2D eigenvalue weighted by Gasteiger charge is 2.27. The molecule has 0 atom stereocenters. The van der Waals surface area contributed by atoms with E-state index >= 15 is 0 Å². The summed E-state index contributed by atoms with van der Waals surface area (Å²) in [5.74, 6) is -0.230. The fourth-order valence-electron chi connectivity index (χ4n) is 5.25. The molecule has 8 nitrogen and oxygen atoms in total. The van der Waals surface area contributed by atoms with Crippen LogP contribution in [0.25, 0.3) is 0 Å². The van der Waals surface area contributed by atoms with Crippen LogP contribution >= 0.6 is 0 Å². The zero-order chi connectivity index (χ0) is 28.4. The van der Waals surface area contributed by atoms with Gasteiger partial charge in [-0.15, -0.1) is 0 Å². The zero-order valence-electron chi connectivity index (χ0n) is 23.0. The fraction of sp³-hybridized carbons (Fsp3) is 0.212. The van der Waals surface area contributed by atoms with Gasteiger partial charge in [-0.25, -0.2) is 4.79 Å². The van der Waals surface area contributed by atoms with E-state index in [2.05, 4.69) is 74.3 Å². The lowest BCUT2D eigenvalue weighted by Gasteiger charge is -2.41. The van der Waals surface area contributed by atoms with E-state index in [1.54, 1.807) is 12.1 Å². The molecule has 0 saturated carbocycles. The number of piperazine rings is 1. The fourth-order valence-corrected chi connectivity index (χ4v) is 5.25. The van der Waals surface area contributed by atoms with Crippen molar-refractivity contribution in [3.05, 3.63) is 126 Å². The number of hydrogen-bond donors (Lipinski definition) is 4. The van der Waals surface area contributed by atoms with Gasteiger partial charge in [0.2, 0.25) is 0 Å². The third kappa shape index (κ3) is 7.11. The van der Waals surface area contributed by atoms with Crippen LogP contribution in [0.15, 0.2) is 109 Å². The van der Waals surface area contributed by atoms with Gasteiger partial charge in [0, 0.05) is 50.5 Å². The van der Waals surface area contributed by atoms with Crippen molar-refractivity contribution in [3.8, 4) is 0 Å². The van der Waals surface area contributed by atoms with Crippen molar-refractivity contribution < 1.29 is 9.59 Å². The van der Waals surface area contributed by atoms with Crippen LogP contribution in [0.2, 0.25) is 0 Å². The summed E-state index contributed by atoms with van der Waals surface area (Å²) in [5.41, 5.74) is 10.7. The first kappa shape index (κ1) is 27.9. The molecular formula is C33H36N6O2. The molecule has 41 heavy (non-hydrogen) atoms. The number of carbonyl (C=O) groups is 2. The molecule has 0 spiro atoms. The molecule has 1 saturated heterocycles. The Morgan fingerprint density at radius 2 is 1.32 bits per heavy atom. The van der Waals surface area contributed by atoms with Gasteiger partial charge in [0.1, 0.15) is 0 Å². The summed E-state index contributed by atoms with van der Waals surface area (Å²) in [7, 11) is 0. The number of nitrogens with one attached hydrogen (secondary N) is 3. The van der Waals surface area contributed by atoms with Crippen molar-refractivity contribution in [1.29, 1.82) is 0 Å². The van der Waals surface area contributed by atoms with Crippen molar-refractivity contribution in [2.24, 2.45) is 5.73 Å². The van der Waals surface area contributed by atoms with Crippen LogP contribution in [-0.4, -0.2) is 56.1 Å². The van der Waals surface area contributed by atoms with Crippen LogP contribution in [0.4, 0.5) is 21.9 Å². The number of rotatable bonds is 9. The van der Waals surface area contributed by atoms with E-state index in [0.717, 1.165) is 31.9 Å². The van der Waals surface area contributed by atoms with Crippen molar-refractivity contribution in [2.45, 2.75) is 6.04 Å². The van der Waals surface area contributed by atoms with Crippen LogP contribution in [0.3, 0.4) is 0 Å². The van der Waals surface area contributed by atoms with Gasteiger partial charge in [-0.2, -0.15) is 0 Å². The number of anilines is 3. The molecule has 1 heterocycles. The smallest absolute Gasteiger partial charge is 0.323 e. The van der Waals surface area contributed by atoms with E-state index in [-0.39, 0.29) is 18.0 Å². The highest BCUT2D eigenvalue weighted by atomic mass is 16.2. The van der Waals surface area contributed by atoms with Gasteiger partial charge in [0.05, 0.1) is 17.4 Å². The van der Waals surface area contributed by atoms with Gasteiger partial charge in [-0.3, -0.25) is 9.69 Å². The quantitative estimate of drug-likeness (QED) is 0.238. The highest BCUT2D eigenvalue weighted by Crippen LogP contribution is 2.33. The SMILES string of the molecule is NCCNC(=O)c1ccc(N2CCN(C(c3ccccc3)c3ccccc3)CC2)c(NC(=O)Nc2ccccc2)c1. The normalized spacial score (nSPS) is 13.6. The van der Waals surface area contributed by atoms with Crippen molar-refractivity contribution in [3.63, 3.8) is 0 Å². The molecular weight excluding hydrogens is 512 g/mol. The van der Waals surface area contributed by atoms with E-state index in [9.17, 15) is 9.59 Å². The first-order valence-electron chi connectivity index (χ1n) is 14.0. The van der Waals surface area contributed by atoms with Gasteiger partial charge < -0.3 is 26.6 Å². The Kier molecular flexibility index (Phi) is 9.26. The number of nitrogens with zero attached hydrogens (tertiary/aromatic N) is 2. The number of amides is 3. The molecule has 0 radical (unpaired) electrons. The Labute approximate surface area is 241 Å². The number of hydrogen-bond acceptors (Lipinski definition) is 5. The molecule has 1 aliphatic heterocycles. The molecule has 4 aromatic rings. The molecule has 3 amide bonds. The molecule has 5 N–H and O–H groups in total. The molecule has 4 aromatic carbocycles. The molecule has 1 aliphatic rings. The number of benzene rings is 4. The van der Waals surface area contributed by atoms with Crippen LogP contribution in [0.1, 0.15) is 27.5 Å². The van der Waals surface area contributed by atoms with E-state index in [0.29, 0.717) is 30.0 Å². The largest absolute Gasteiger partial charge is 0.367 e. The van der Waals surface area contributed by atoms with E-state index in [1.807, 2.05) is 48.5 Å². The number of urea groups is 1. The van der Waals surface area contributed by atoms with Gasteiger partial charge in [-0.05, 0) is 41.5 Å². The van der Waals surface area contributed by atoms with Crippen LogP contribution in [0.5, 0.6) is 0 Å². The summed E-state index contributed by atoms with van der Waals surface area (Å²) < 4.78 is 0. The van der Waals surface area contributed by atoms with Crippen LogP contribution in [0, 0.1) is 0 Å². The van der Waals surface area contributed by atoms with Gasteiger partial charge >= 0.3 is 6.03 Å². The summed E-state index contributed by atoms with van der Waals surface area (Å²) >= 11 is 0. The predicted molar refractivity (Wildman–Crippen MR) is 165 cm³/mol. The first-order valence-corrected chi connectivity index (χ1v) is 14.0. The van der Waals surface area contributed by atoms with Gasteiger partial charge in [0.15, 0.2) is 0 Å². The van der Waals surface area contributed by atoms with E-state index in [4.69, 9.17) is 5.73 Å². The second-order valence-corrected chi connectivity index (χ2v) is 9.97. The van der Waals surface area contributed by atoms with Gasteiger partial charge in [-0.1, -0.05) is 78.9 Å². The lowest BCUT2D eigenvalue weighted by Crippen LogP contribution is -2.48. The minimum absolute atomic E-state index is 0.155. The van der Waals surface area contributed by atoms with Gasteiger partial charge in [0.25, 0.3) is 5.91 Å². The Hall–Kier alpha value is -4.66. The van der Waals surface area contributed by atoms with Crippen molar-refractivity contribution in [1.82, 2.24) is 10.2 Å². The number of para-hydroxylation sites is 1. The number of carbonyl (C=O) groups excluding carboxylic acids is 2. The lowest BCUT2D eigenvalue weighted by molar-refractivity contribution is 0.0954. The summed E-state index contributed by atoms with van der Waals surface area (Å²) in [5, 5.41) is 8.66. The third-order valence-electron chi connectivity index (χ3n) is 7.22. The second kappa shape index (κ2) is 13.6. The van der Waals surface area contributed by atoms with Crippen LogP contribution < -0.4 is 26.6 Å². The Balaban J connectivity index is 1.36. The third-order valence-corrected chi connectivity index (χ3v) is 7.22. The maximum atomic E-state index is 13.0. The summed E-state index contributed by atoms with van der Waals surface area (Å²) in [4.78, 5) is 30.4. The lowest BCUT2D eigenvalue weighted by atomic mass is 9.96. The van der Waals surface area contributed by atoms with E-state index in [1.165, 1.54) is 11.1 Å². The Morgan fingerprint density at radius 3 is 1.90 bits per heavy atom. The minimum atomic E-state index is -0.371. The monoisotopic (exact) mass is 548 g/mol. The summed E-state index contributed by atoms with van der Waals surface area (Å²) in [6, 6.07) is 35.7. The van der Waals surface area contributed by atoms with E-state index < -0.39 is 0 Å². The maximum absolute atomic E-state index is 13.0. The average molecular weight is 549 g/mol. The predicted octanol–water partition coefficient (Wildman–Crippen LogP) is 4.93. The summed E-state index contributed by atoms with van der Waals surface area (Å²) in [6.45, 7) is 3.94. The minimum Gasteiger partial charge on any atom is -0.367 e. The number of nitrogens with two attached hydrogens (primary N) is 1. The molecule has 8 heteroatoms. The molecule has 5 rings (SSSR count). The molecule has 1 fully saturated rings. The molecule has 0 unspecified atom stereocenters. The van der Waals surface area contributed by atoms with Crippen molar-refractivity contribution in [2.75, 3.05) is 54.8 Å². The van der Waals surface area contributed by atoms with Crippen molar-refractivity contribution >= 4 is 29.0 Å². The average Bonchev–Trinajstić information content (AvgIpc) is 3.02. The zero-order valence-corrected chi connectivity index (χ0v) is 23.0. The first-order chi connectivity index (χ1) is 20.1. The topological polar surface area (TPSA) is 103 Å². The second-order valence-electron chi connectivity index (χ2n) is 9.97. The molecule has 210 valence electrons. The molecule has 0 aromatic heterocycles. The molecule has 0 bridgehead atoms. The Morgan fingerprint density at radius 1 is 0.732 bits per heavy atom. The molecule has 0 aliphatic carbocycles. The highest BCUT2D eigenvalue weighted by molar-refractivity contribution is 6.04. The Bertz CT molecular complexity index is 1380. The van der Waals surface area contributed by atoms with Crippen LogP contribution in [-0.2, 0) is 0 Å². The maximum Gasteiger partial charge on any atom is 0.323 e. The standard InChI is InChI=1S/C33H36N6O2/c34-18-19-35-32(40)27-16-17-30(29(24-27)37-33(41)36-28-14-8-3-9-15-28)38-20-22-39(23-21-38)31(25-10-4-1-5-11-25)26-12-6-2-7-13-26/h1-17,24,31H,18-23,34H2,(H,35,40)(H2,36,37,41).